The lowest BCUT2D eigenvalue weighted by Gasteiger charge is -2.39. The molecule has 5 atom stereocenters. The van der Waals surface area contributed by atoms with Crippen LogP contribution in [0.15, 0.2) is 53.5 Å². The number of thioether (sulfide) groups is 1. The van der Waals surface area contributed by atoms with E-state index >= 15 is 0 Å². The van der Waals surface area contributed by atoms with Crippen LogP contribution in [0.1, 0.15) is 56.8 Å². The zero-order valence-corrected chi connectivity index (χ0v) is 27.0. The summed E-state index contributed by atoms with van der Waals surface area (Å²) in [5.41, 5.74) is 2.15. The molecule has 0 bridgehead atoms. The number of amides is 3. The monoisotopic (exact) mass is 641 g/mol. The van der Waals surface area contributed by atoms with E-state index < -0.39 is 6.04 Å². The van der Waals surface area contributed by atoms with Crippen LogP contribution in [0.25, 0.3) is 0 Å². The van der Waals surface area contributed by atoms with Gasteiger partial charge in [-0.1, -0.05) is 73.1 Å². The highest BCUT2D eigenvalue weighted by molar-refractivity contribution is 8.15. The van der Waals surface area contributed by atoms with Gasteiger partial charge >= 0.3 is 0 Å². The van der Waals surface area contributed by atoms with E-state index in [-0.39, 0.29) is 47.0 Å². The van der Waals surface area contributed by atoms with E-state index in [0.717, 1.165) is 22.7 Å². The Kier molecular flexibility index (Phi) is 8.68. The first-order valence-corrected chi connectivity index (χ1v) is 16.7. The van der Waals surface area contributed by atoms with Gasteiger partial charge in [0.15, 0.2) is 5.17 Å². The van der Waals surface area contributed by atoms with E-state index in [2.05, 4.69) is 18.7 Å². The Morgan fingerprint density at radius 3 is 2.00 bits per heavy atom. The lowest BCUT2D eigenvalue weighted by molar-refractivity contribution is -0.146. The molecule has 4 aliphatic rings. The first kappa shape index (κ1) is 30.3. The molecule has 4 heterocycles. The number of fused-ring (bicyclic) bond motifs is 1. The average molecular weight is 643 g/mol. The summed E-state index contributed by atoms with van der Waals surface area (Å²) < 4.78 is 0. The second-order valence-corrected chi connectivity index (χ2v) is 14.1. The molecule has 0 spiro atoms. The quantitative estimate of drug-likeness (QED) is 0.445. The number of halogens is 2. The Morgan fingerprint density at radius 1 is 0.837 bits per heavy atom. The van der Waals surface area contributed by atoms with Gasteiger partial charge in [0.1, 0.15) is 17.3 Å². The SMILES string of the molecule is CC(=O)N1CCN(C(=O)[C@@H]2CCCN2C(=O)C2SC3=N[C@@H](c4ccc(Cl)cc4)[C@@H](c4ccc(Cl)cc4)N3C2C(C)C)CC1. The Bertz CT molecular complexity index is 1410. The molecular weight excluding hydrogens is 605 g/mol. The summed E-state index contributed by atoms with van der Waals surface area (Å²) in [6, 6.07) is 14.9. The number of hydrogen-bond acceptors (Lipinski definition) is 6. The number of likely N-dealkylation sites (tertiary alicyclic amines) is 1. The van der Waals surface area contributed by atoms with Crippen molar-refractivity contribution in [1.29, 1.82) is 0 Å². The van der Waals surface area contributed by atoms with Crippen LogP contribution in [0.5, 0.6) is 0 Å². The minimum Gasteiger partial charge on any atom is -0.339 e. The average Bonchev–Trinajstić information content (AvgIpc) is 3.72. The molecule has 3 amide bonds. The van der Waals surface area contributed by atoms with E-state index in [4.69, 9.17) is 28.2 Å². The van der Waals surface area contributed by atoms with Gasteiger partial charge in [-0.15, -0.1) is 0 Å². The van der Waals surface area contributed by atoms with Crippen molar-refractivity contribution >= 4 is 57.9 Å². The van der Waals surface area contributed by atoms with Crippen LogP contribution in [0.4, 0.5) is 0 Å². The molecule has 11 heteroatoms. The third-order valence-electron chi connectivity index (χ3n) is 9.14. The van der Waals surface area contributed by atoms with E-state index in [1.807, 2.05) is 58.3 Å². The lowest BCUT2D eigenvalue weighted by Crippen LogP contribution is -2.56. The van der Waals surface area contributed by atoms with Gasteiger partial charge in [0.05, 0.1) is 12.1 Å². The zero-order chi connectivity index (χ0) is 30.4. The molecule has 2 aromatic rings. The number of amidine groups is 1. The molecule has 8 nitrogen and oxygen atoms in total. The summed E-state index contributed by atoms with van der Waals surface area (Å²) >= 11 is 14.0. The highest BCUT2D eigenvalue weighted by Gasteiger charge is 2.55. The molecule has 0 saturated carbocycles. The molecule has 2 unspecified atom stereocenters. The van der Waals surface area contributed by atoms with Gasteiger partial charge in [0.2, 0.25) is 17.7 Å². The Hall–Kier alpha value is -2.75. The van der Waals surface area contributed by atoms with Crippen molar-refractivity contribution in [3.05, 3.63) is 69.7 Å². The molecule has 0 aromatic heterocycles. The lowest BCUT2D eigenvalue weighted by atomic mass is 9.90. The predicted octanol–water partition coefficient (Wildman–Crippen LogP) is 5.27. The second-order valence-electron chi connectivity index (χ2n) is 12.1. The molecule has 0 N–H and O–H groups in total. The van der Waals surface area contributed by atoms with Gasteiger partial charge in [-0.05, 0) is 54.2 Å². The van der Waals surface area contributed by atoms with Crippen LogP contribution in [-0.2, 0) is 14.4 Å². The normalized spacial score (nSPS) is 27.1. The molecule has 0 aliphatic carbocycles. The van der Waals surface area contributed by atoms with Crippen molar-refractivity contribution in [2.75, 3.05) is 32.7 Å². The van der Waals surface area contributed by atoms with E-state index in [9.17, 15) is 14.4 Å². The second kappa shape index (κ2) is 12.3. The summed E-state index contributed by atoms with van der Waals surface area (Å²) in [4.78, 5) is 52.8. The fourth-order valence-electron chi connectivity index (χ4n) is 6.95. The van der Waals surface area contributed by atoms with Crippen molar-refractivity contribution in [3.8, 4) is 0 Å². The summed E-state index contributed by atoms with van der Waals surface area (Å²) in [6.07, 6.45) is 1.47. The van der Waals surface area contributed by atoms with E-state index in [1.54, 1.807) is 11.8 Å². The maximum atomic E-state index is 14.4. The van der Waals surface area contributed by atoms with Crippen LogP contribution in [-0.4, -0.2) is 92.5 Å². The van der Waals surface area contributed by atoms with Crippen LogP contribution in [0.2, 0.25) is 10.0 Å². The van der Waals surface area contributed by atoms with E-state index in [1.165, 1.54) is 11.8 Å². The Balaban J connectivity index is 1.28. The number of piperazine rings is 1. The highest BCUT2D eigenvalue weighted by atomic mass is 35.5. The van der Waals surface area contributed by atoms with Gasteiger partial charge in [0.25, 0.3) is 0 Å². The maximum Gasteiger partial charge on any atom is 0.245 e. The number of carbonyl (C=O) groups is 3. The summed E-state index contributed by atoms with van der Waals surface area (Å²) in [7, 11) is 0. The summed E-state index contributed by atoms with van der Waals surface area (Å²) in [6.45, 7) is 8.52. The first-order chi connectivity index (χ1) is 20.6. The predicted molar refractivity (Wildman–Crippen MR) is 171 cm³/mol. The molecule has 3 saturated heterocycles. The fraction of sp³-hybridized carbons (Fsp3) is 0.500. The molecule has 6 rings (SSSR count). The smallest absolute Gasteiger partial charge is 0.245 e. The number of hydrogen-bond donors (Lipinski definition) is 0. The minimum absolute atomic E-state index is 0.00201. The number of rotatable bonds is 5. The fourth-order valence-corrected chi connectivity index (χ4v) is 8.78. The maximum absolute atomic E-state index is 14.4. The molecule has 4 aliphatic heterocycles. The molecule has 228 valence electrons. The van der Waals surface area contributed by atoms with Crippen LogP contribution >= 0.6 is 35.0 Å². The highest BCUT2D eigenvalue weighted by Crippen LogP contribution is 2.52. The topological polar surface area (TPSA) is 76.5 Å². The number of benzene rings is 2. The van der Waals surface area contributed by atoms with Crippen LogP contribution in [0.3, 0.4) is 0 Å². The largest absolute Gasteiger partial charge is 0.339 e. The van der Waals surface area contributed by atoms with Crippen molar-refractivity contribution < 1.29 is 14.4 Å². The molecule has 43 heavy (non-hydrogen) atoms. The Labute approximate surface area is 267 Å². The number of carbonyl (C=O) groups excluding carboxylic acids is 3. The zero-order valence-electron chi connectivity index (χ0n) is 24.7. The van der Waals surface area contributed by atoms with Gasteiger partial charge in [0, 0.05) is 49.7 Å². The minimum atomic E-state index is -0.462. The van der Waals surface area contributed by atoms with Crippen molar-refractivity contribution in [3.63, 3.8) is 0 Å². The third-order valence-corrected chi connectivity index (χ3v) is 10.9. The Morgan fingerprint density at radius 2 is 1.42 bits per heavy atom. The summed E-state index contributed by atoms with van der Waals surface area (Å²) in [5.74, 6) is 0.195. The van der Waals surface area contributed by atoms with Crippen molar-refractivity contribution in [2.24, 2.45) is 10.9 Å². The number of nitrogens with zero attached hydrogens (tertiary/aromatic N) is 5. The van der Waals surface area contributed by atoms with Crippen molar-refractivity contribution in [2.45, 2.75) is 63.0 Å². The molecular formula is C32H37Cl2N5O3S. The molecule has 0 radical (unpaired) electrons. The van der Waals surface area contributed by atoms with Gasteiger partial charge in [-0.3, -0.25) is 19.4 Å². The first-order valence-electron chi connectivity index (χ1n) is 15.0. The molecule has 2 aromatic carbocycles. The standard InChI is InChI=1S/C32H37Cl2N5O3S/c1-19(2)27-29(31(42)38-14-4-5-25(38)30(41)37-17-15-36(16-18-37)20(3)40)43-32-35-26(21-6-10-23(33)11-7-21)28(39(27)32)22-8-12-24(34)13-9-22/h6-13,19,25-29H,4-5,14-18H2,1-3H3/t25-,26-,27?,28+,29?/m0/s1. The van der Waals surface area contributed by atoms with E-state index in [0.29, 0.717) is 49.2 Å². The molecule has 3 fully saturated rings. The third kappa shape index (κ3) is 5.76. The van der Waals surface area contributed by atoms with Gasteiger partial charge in [-0.25, -0.2) is 0 Å². The number of aliphatic imine (C=N–C) groups is 1. The van der Waals surface area contributed by atoms with Crippen molar-refractivity contribution in [1.82, 2.24) is 19.6 Å². The van der Waals surface area contributed by atoms with Gasteiger partial charge < -0.3 is 19.6 Å². The van der Waals surface area contributed by atoms with Gasteiger partial charge in [-0.2, -0.15) is 0 Å². The van der Waals surface area contributed by atoms with Crippen LogP contribution in [0, 0.1) is 5.92 Å². The van der Waals surface area contributed by atoms with Crippen LogP contribution < -0.4 is 0 Å². The summed E-state index contributed by atoms with van der Waals surface area (Å²) in [5, 5.41) is 1.83.